The van der Waals surface area contributed by atoms with Crippen molar-refractivity contribution in [2.24, 2.45) is 0 Å². The number of methoxy groups -OCH3 is 1. The Balaban J connectivity index is 2.44. The van der Waals surface area contributed by atoms with Crippen LogP contribution in [0.4, 0.5) is 5.82 Å². The van der Waals surface area contributed by atoms with Crippen LogP contribution in [0, 0.1) is 11.3 Å². The predicted molar refractivity (Wildman–Crippen MR) is 79.6 cm³/mol. The van der Waals surface area contributed by atoms with Gasteiger partial charge >= 0.3 is 0 Å². The number of ether oxygens (including phenoxy) is 1. The molecule has 0 amide bonds. The molecule has 0 saturated carbocycles. The molecule has 4 nitrogen and oxygen atoms in total. The Morgan fingerprint density at radius 2 is 2.10 bits per heavy atom. The third-order valence-electron chi connectivity index (χ3n) is 2.88. The van der Waals surface area contributed by atoms with Crippen LogP contribution in [0.2, 0.25) is 0 Å². The molecule has 0 saturated heterocycles. The highest BCUT2D eigenvalue weighted by molar-refractivity contribution is 5.76. The molecule has 0 fully saturated rings. The summed E-state index contributed by atoms with van der Waals surface area (Å²) >= 11 is 0. The molecule has 2 aromatic rings. The van der Waals surface area contributed by atoms with Crippen molar-refractivity contribution in [3.8, 4) is 22.9 Å². The first kappa shape index (κ1) is 13.6. The second kappa shape index (κ2) is 6.39. The van der Waals surface area contributed by atoms with Crippen molar-refractivity contribution in [2.45, 2.75) is 0 Å². The van der Waals surface area contributed by atoms with Crippen LogP contribution in [-0.2, 0) is 0 Å². The van der Waals surface area contributed by atoms with Crippen molar-refractivity contribution in [3.05, 3.63) is 54.7 Å². The SMILES string of the molecule is C=CCNc1nccc(-c2ccc(OC)cc2)c1C#N. The summed E-state index contributed by atoms with van der Waals surface area (Å²) in [6.45, 7) is 4.21. The maximum absolute atomic E-state index is 9.38. The number of pyridine rings is 1. The second-order valence-electron chi connectivity index (χ2n) is 4.09. The molecule has 0 unspecified atom stereocenters. The van der Waals surface area contributed by atoms with Gasteiger partial charge in [0.15, 0.2) is 0 Å². The highest BCUT2D eigenvalue weighted by atomic mass is 16.5. The number of benzene rings is 1. The van der Waals surface area contributed by atoms with Crippen LogP contribution in [0.15, 0.2) is 49.2 Å². The molecule has 0 bridgehead atoms. The van der Waals surface area contributed by atoms with Crippen LogP contribution >= 0.6 is 0 Å². The van der Waals surface area contributed by atoms with E-state index in [1.165, 1.54) is 0 Å². The third-order valence-corrected chi connectivity index (χ3v) is 2.88. The highest BCUT2D eigenvalue weighted by Gasteiger charge is 2.10. The lowest BCUT2D eigenvalue weighted by molar-refractivity contribution is 0.415. The Kier molecular flexibility index (Phi) is 4.35. The molecule has 4 heteroatoms. The fourth-order valence-electron chi connectivity index (χ4n) is 1.89. The van der Waals surface area contributed by atoms with Crippen LogP contribution in [0.3, 0.4) is 0 Å². The van der Waals surface area contributed by atoms with Crippen molar-refractivity contribution in [2.75, 3.05) is 19.0 Å². The zero-order valence-electron chi connectivity index (χ0n) is 11.3. The minimum Gasteiger partial charge on any atom is -0.497 e. The topological polar surface area (TPSA) is 57.9 Å². The number of hydrogen-bond acceptors (Lipinski definition) is 4. The van der Waals surface area contributed by atoms with Gasteiger partial charge < -0.3 is 10.1 Å². The van der Waals surface area contributed by atoms with E-state index in [4.69, 9.17) is 4.74 Å². The van der Waals surface area contributed by atoms with Gasteiger partial charge in [-0.1, -0.05) is 18.2 Å². The van der Waals surface area contributed by atoms with Crippen LogP contribution in [0.25, 0.3) is 11.1 Å². The van der Waals surface area contributed by atoms with E-state index in [1.54, 1.807) is 19.4 Å². The predicted octanol–water partition coefficient (Wildman–Crippen LogP) is 3.23. The largest absolute Gasteiger partial charge is 0.497 e. The molecule has 1 aromatic heterocycles. The van der Waals surface area contributed by atoms with Crippen molar-refractivity contribution >= 4 is 5.82 Å². The van der Waals surface area contributed by atoms with E-state index in [9.17, 15) is 5.26 Å². The molecule has 0 spiro atoms. The van der Waals surface area contributed by atoms with Crippen LogP contribution < -0.4 is 10.1 Å². The van der Waals surface area contributed by atoms with Gasteiger partial charge in [-0.15, -0.1) is 6.58 Å². The number of rotatable bonds is 5. The van der Waals surface area contributed by atoms with E-state index in [0.29, 0.717) is 17.9 Å². The maximum Gasteiger partial charge on any atom is 0.144 e. The van der Waals surface area contributed by atoms with Gasteiger partial charge in [-0.2, -0.15) is 5.26 Å². The molecule has 0 aliphatic carbocycles. The van der Waals surface area contributed by atoms with Gasteiger partial charge in [0.25, 0.3) is 0 Å². The Labute approximate surface area is 118 Å². The molecule has 1 aromatic carbocycles. The van der Waals surface area contributed by atoms with Crippen LogP contribution in [-0.4, -0.2) is 18.6 Å². The summed E-state index contributed by atoms with van der Waals surface area (Å²) in [7, 11) is 1.62. The number of nitriles is 1. The fourth-order valence-corrected chi connectivity index (χ4v) is 1.89. The van der Waals surface area contributed by atoms with Crippen molar-refractivity contribution in [3.63, 3.8) is 0 Å². The molecular formula is C16H15N3O. The summed E-state index contributed by atoms with van der Waals surface area (Å²) in [6.07, 6.45) is 3.41. The Hall–Kier alpha value is -2.80. The summed E-state index contributed by atoms with van der Waals surface area (Å²) in [4.78, 5) is 4.20. The monoisotopic (exact) mass is 265 g/mol. The molecule has 1 N–H and O–H groups in total. The third kappa shape index (κ3) is 2.78. The summed E-state index contributed by atoms with van der Waals surface area (Å²) in [6, 6.07) is 11.6. The molecule has 1 heterocycles. The lowest BCUT2D eigenvalue weighted by Gasteiger charge is -2.10. The molecule has 0 atom stereocenters. The van der Waals surface area contributed by atoms with Crippen molar-refractivity contribution in [1.29, 1.82) is 5.26 Å². The first-order chi connectivity index (χ1) is 9.80. The Morgan fingerprint density at radius 1 is 1.35 bits per heavy atom. The van der Waals surface area contributed by atoms with Gasteiger partial charge in [-0.05, 0) is 23.8 Å². The molecule has 0 radical (unpaired) electrons. The number of nitrogens with zero attached hydrogens (tertiary/aromatic N) is 2. The number of anilines is 1. The van der Waals surface area contributed by atoms with Crippen LogP contribution in [0.1, 0.15) is 5.56 Å². The summed E-state index contributed by atoms with van der Waals surface area (Å²) < 4.78 is 5.14. The van der Waals surface area contributed by atoms with E-state index < -0.39 is 0 Å². The average molecular weight is 265 g/mol. The maximum atomic E-state index is 9.38. The molecule has 100 valence electrons. The molecule has 0 aliphatic rings. The van der Waals surface area contributed by atoms with Gasteiger partial charge in [0, 0.05) is 18.3 Å². The Bertz CT molecular complexity index is 642. The second-order valence-corrected chi connectivity index (χ2v) is 4.09. The fraction of sp³-hybridized carbons (Fsp3) is 0.125. The lowest BCUT2D eigenvalue weighted by Crippen LogP contribution is -2.03. The summed E-state index contributed by atoms with van der Waals surface area (Å²) in [5, 5.41) is 12.5. The molecule has 0 aliphatic heterocycles. The van der Waals surface area contributed by atoms with Crippen LogP contribution in [0.5, 0.6) is 5.75 Å². The van der Waals surface area contributed by atoms with Gasteiger partial charge in [-0.25, -0.2) is 4.98 Å². The van der Waals surface area contributed by atoms with Crippen molar-refractivity contribution in [1.82, 2.24) is 4.98 Å². The minimum atomic E-state index is 0.527. The average Bonchev–Trinajstić information content (AvgIpc) is 2.52. The zero-order chi connectivity index (χ0) is 14.4. The van der Waals surface area contributed by atoms with Gasteiger partial charge in [0.05, 0.1) is 7.11 Å². The van der Waals surface area contributed by atoms with Crippen molar-refractivity contribution < 1.29 is 4.74 Å². The van der Waals surface area contributed by atoms with E-state index in [1.807, 2.05) is 30.3 Å². The number of nitrogens with one attached hydrogen (secondary N) is 1. The smallest absolute Gasteiger partial charge is 0.144 e. The van der Waals surface area contributed by atoms with E-state index in [0.717, 1.165) is 16.9 Å². The van der Waals surface area contributed by atoms with Gasteiger partial charge in [0.2, 0.25) is 0 Å². The molecular weight excluding hydrogens is 250 g/mol. The number of hydrogen-bond donors (Lipinski definition) is 1. The van der Waals surface area contributed by atoms with Gasteiger partial charge in [-0.3, -0.25) is 0 Å². The zero-order valence-corrected chi connectivity index (χ0v) is 11.3. The first-order valence-corrected chi connectivity index (χ1v) is 6.18. The highest BCUT2D eigenvalue weighted by Crippen LogP contribution is 2.28. The summed E-state index contributed by atoms with van der Waals surface area (Å²) in [5.74, 6) is 1.35. The van der Waals surface area contributed by atoms with E-state index in [-0.39, 0.29) is 0 Å². The summed E-state index contributed by atoms with van der Waals surface area (Å²) in [5.41, 5.74) is 2.32. The quantitative estimate of drug-likeness (QED) is 0.843. The number of aromatic nitrogens is 1. The Morgan fingerprint density at radius 3 is 2.70 bits per heavy atom. The minimum absolute atomic E-state index is 0.527. The van der Waals surface area contributed by atoms with Gasteiger partial charge in [0.1, 0.15) is 23.2 Å². The van der Waals surface area contributed by atoms with E-state index >= 15 is 0 Å². The normalized spacial score (nSPS) is 9.60. The molecule has 2 rings (SSSR count). The standard InChI is InChI=1S/C16H15N3O/c1-3-9-18-16-15(11-17)14(8-10-19-16)12-4-6-13(20-2)7-5-12/h3-8,10H,1,9H2,2H3,(H,18,19). The molecule has 20 heavy (non-hydrogen) atoms. The first-order valence-electron chi connectivity index (χ1n) is 6.18. The lowest BCUT2D eigenvalue weighted by atomic mass is 10.0. The van der Waals surface area contributed by atoms with E-state index in [2.05, 4.69) is 22.9 Å².